The van der Waals surface area contributed by atoms with Gasteiger partial charge in [-0.15, -0.1) is 0 Å². The molecular formula is C15H31N3O2. The number of aliphatic imine (C=N–C) groups is 1. The maximum atomic E-state index is 10.9. The third-order valence-corrected chi connectivity index (χ3v) is 3.24. The number of nitrogens with zero attached hydrogens (tertiary/aromatic N) is 2. The summed E-state index contributed by atoms with van der Waals surface area (Å²) in [6.07, 6.45) is 7.12. The summed E-state index contributed by atoms with van der Waals surface area (Å²) in [5, 5.41) is 3.37. The van der Waals surface area contributed by atoms with E-state index >= 15 is 0 Å². The zero-order valence-electron chi connectivity index (χ0n) is 13.6. The molecule has 0 saturated heterocycles. The molecule has 5 heteroatoms. The van der Waals surface area contributed by atoms with Gasteiger partial charge < -0.3 is 15.0 Å². The number of hydrogen-bond donors (Lipinski definition) is 1. The summed E-state index contributed by atoms with van der Waals surface area (Å²) in [7, 11) is 5.33. The number of nitrogens with one attached hydrogen (secondary N) is 1. The Morgan fingerprint density at radius 1 is 1.20 bits per heavy atom. The fourth-order valence-electron chi connectivity index (χ4n) is 1.94. The highest BCUT2D eigenvalue weighted by Crippen LogP contribution is 2.03. The van der Waals surface area contributed by atoms with E-state index in [9.17, 15) is 4.79 Å². The first-order valence-corrected chi connectivity index (χ1v) is 7.64. The third kappa shape index (κ3) is 9.64. The Balaban J connectivity index is 3.59. The molecule has 0 amide bonds. The van der Waals surface area contributed by atoms with Crippen molar-refractivity contribution in [1.82, 2.24) is 10.2 Å². The molecule has 0 aliphatic carbocycles. The molecule has 0 bridgehead atoms. The van der Waals surface area contributed by atoms with Gasteiger partial charge in [-0.05, 0) is 19.3 Å². The highest BCUT2D eigenvalue weighted by Gasteiger charge is 2.04. The molecule has 0 heterocycles. The molecule has 0 rings (SSSR count). The minimum Gasteiger partial charge on any atom is -0.469 e. The largest absolute Gasteiger partial charge is 0.469 e. The maximum Gasteiger partial charge on any atom is 0.305 e. The van der Waals surface area contributed by atoms with Crippen LogP contribution in [0.2, 0.25) is 0 Å². The summed E-state index contributed by atoms with van der Waals surface area (Å²) in [6, 6.07) is 0. The molecule has 118 valence electrons. The predicted octanol–water partition coefficient (Wildman–Crippen LogP) is 2.42. The molecular weight excluding hydrogens is 254 g/mol. The summed E-state index contributed by atoms with van der Waals surface area (Å²) in [6.45, 7) is 4.16. The van der Waals surface area contributed by atoms with E-state index in [1.165, 1.54) is 20.0 Å². The minimum absolute atomic E-state index is 0.110. The van der Waals surface area contributed by atoms with Crippen molar-refractivity contribution < 1.29 is 9.53 Å². The second kappa shape index (κ2) is 12.8. The van der Waals surface area contributed by atoms with Crippen molar-refractivity contribution in [1.29, 1.82) is 0 Å². The van der Waals surface area contributed by atoms with Gasteiger partial charge in [0.1, 0.15) is 0 Å². The molecule has 0 unspecified atom stereocenters. The molecule has 0 atom stereocenters. The van der Waals surface area contributed by atoms with E-state index in [1.807, 2.05) is 7.05 Å². The van der Waals surface area contributed by atoms with Gasteiger partial charge in [-0.1, -0.05) is 26.2 Å². The highest BCUT2D eigenvalue weighted by molar-refractivity contribution is 5.79. The van der Waals surface area contributed by atoms with Crippen molar-refractivity contribution >= 4 is 11.9 Å². The highest BCUT2D eigenvalue weighted by atomic mass is 16.5. The number of unbranched alkanes of at least 4 members (excludes halogenated alkanes) is 4. The van der Waals surface area contributed by atoms with E-state index in [1.54, 1.807) is 0 Å². The van der Waals surface area contributed by atoms with E-state index in [0.29, 0.717) is 6.42 Å². The van der Waals surface area contributed by atoms with Gasteiger partial charge in [0.25, 0.3) is 0 Å². The Hall–Kier alpha value is -1.26. The Bertz CT molecular complexity index is 280. The van der Waals surface area contributed by atoms with E-state index in [-0.39, 0.29) is 5.97 Å². The molecule has 0 spiro atoms. The summed E-state index contributed by atoms with van der Waals surface area (Å²) < 4.78 is 4.61. The monoisotopic (exact) mass is 285 g/mol. The van der Waals surface area contributed by atoms with Gasteiger partial charge >= 0.3 is 5.97 Å². The Kier molecular flexibility index (Phi) is 12.0. The Morgan fingerprint density at radius 3 is 2.50 bits per heavy atom. The van der Waals surface area contributed by atoms with E-state index < -0.39 is 0 Å². The Labute approximate surface area is 123 Å². The molecule has 5 nitrogen and oxygen atoms in total. The lowest BCUT2D eigenvalue weighted by Crippen LogP contribution is -2.39. The molecule has 20 heavy (non-hydrogen) atoms. The van der Waals surface area contributed by atoms with Gasteiger partial charge in [0.15, 0.2) is 5.96 Å². The first-order chi connectivity index (χ1) is 9.65. The lowest BCUT2D eigenvalue weighted by Gasteiger charge is -2.21. The van der Waals surface area contributed by atoms with Crippen LogP contribution >= 0.6 is 0 Å². The van der Waals surface area contributed by atoms with Crippen LogP contribution in [-0.4, -0.2) is 51.1 Å². The number of rotatable bonds is 10. The minimum atomic E-state index is -0.110. The van der Waals surface area contributed by atoms with Crippen LogP contribution in [0.3, 0.4) is 0 Å². The molecule has 0 aromatic heterocycles. The summed E-state index contributed by atoms with van der Waals surface area (Å²) in [5.74, 6) is 0.856. The molecule has 0 saturated carbocycles. The van der Waals surface area contributed by atoms with Crippen LogP contribution in [0.15, 0.2) is 4.99 Å². The lowest BCUT2D eigenvalue weighted by atomic mass is 10.1. The van der Waals surface area contributed by atoms with Crippen molar-refractivity contribution in [2.24, 2.45) is 4.99 Å². The first-order valence-electron chi connectivity index (χ1n) is 7.64. The Morgan fingerprint density at radius 2 is 1.90 bits per heavy atom. The molecule has 1 N–H and O–H groups in total. The number of carbonyl (C=O) groups excluding carboxylic acids is 1. The van der Waals surface area contributed by atoms with Gasteiger partial charge in [0.2, 0.25) is 0 Å². The summed E-state index contributed by atoms with van der Waals surface area (Å²) >= 11 is 0. The van der Waals surface area contributed by atoms with Crippen LogP contribution < -0.4 is 5.32 Å². The number of hydrogen-bond acceptors (Lipinski definition) is 3. The van der Waals surface area contributed by atoms with E-state index in [0.717, 1.165) is 44.7 Å². The summed E-state index contributed by atoms with van der Waals surface area (Å²) in [4.78, 5) is 17.4. The number of esters is 1. The molecule has 0 radical (unpaired) electrons. The predicted molar refractivity (Wildman–Crippen MR) is 84.0 cm³/mol. The van der Waals surface area contributed by atoms with E-state index in [2.05, 4.69) is 33.9 Å². The van der Waals surface area contributed by atoms with Crippen LogP contribution in [0.1, 0.15) is 51.9 Å². The van der Waals surface area contributed by atoms with Crippen LogP contribution in [0.4, 0.5) is 0 Å². The zero-order valence-corrected chi connectivity index (χ0v) is 13.6. The van der Waals surface area contributed by atoms with Crippen molar-refractivity contribution in [3.63, 3.8) is 0 Å². The van der Waals surface area contributed by atoms with E-state index in [4.69, 9.17) is 0 Å². The fraction of sp³-hybridized carbons (Fsp3) is 0.867. The van der Waals surface area contributed by atoms with Gasteiger partial charge in [0.05, 0.1) is 7.11 Å². The van der Waals surface area contributed by atoms with Crippen molar-refractivity contribution in [2.45, 2.75) is 51.9 Å². The SMILES string of the molecule is CCCCN(C)C(=NC)NCCCCCCC(=O)OC. The number of methoxy groups -OCH3 is 1. The maximum absolute atomic E-state index is 10.9. The smallest absolute Gasteiger partial charge is 0.305 e. The lowest BCUT2D eigenvalue weighted by molar-refractivity contribution is -0.140. The van der Waals surface area contributed by atoms with Crippen LogP contribution in [0.25, 0.3) is 0 Å². The van der Waals surface area contributed by atoms with Crippen molar-refractivity contribution in [3.05, 3.63) is 0 Å². The average Bonchev–Trinajstić information content (AvgIpc) is 2.47. The van der Waals surface area contributed by atoms with Crippen LogP contribution in [0, 0.1) is 0 Å². The normalized spacial score (nSPS) is 11.3. The number of guanidine groups is 1. The second-order valence-electron chi connectivity index (χ2n) is 4.99. The standard InChI is InChI=1S/C15H31N3O2/c1-5-6-13-18(3)15(16-2)17-12-10-8-7-9-11-14(19)20-4/h5-13H2,1-4H3,(H,16,17). The molecule has 0 fully saturated rings. The topological polar surface area (TPSA) is 53.9 Å². The molecule has 0 aromatic carbocycles. The van der Waals surface area contributed by atoms with Gasteiger partial charge in [-0.25, -0.2) is 0 Å². The number of ether oxygens (including phenoxy) is 1. The van der Waals surface area contributed by atoms with Crippen LogP contribution in [-0.2, 0) is 9.53 Å². The summed E-state index contributed by atoms with van der Waals surface area (Å²) in [5.41, 5.74) is 0. The quantitative estimate of drug-likeness (QED) is 0.290. The van der Waals surface area contributed by atoms with Crippen molar-refractivity contribution in [2.75, 3.05) is 34.3 Å². The van der Waals surface area contributed by atoms with Gasteiger partial charge in [-0.2, -0.15) is 0 Å². The zero-order chi connectivity index (χ0) is 15.2. The molecule has 0 aliphatic heterocycles. The molecule has 0 aromatic rings. The average molecular weight is 285 g/mol. The molecule has 0 aliphatic rings. The van der Waals surface area contributed by atoms with Gasteiger partial charge in [0, 0.05) is 33.6 Å². The second-order valence-corrected chi connectivity index (χ2v) is 4.99. The third-order valence-electron chi connectivity index (χ3n) is 3.24. The first kappa shape index (κ1) is 18.7. The van der Waals surface area contributed by atoms with Gasteiger partial charge in [-0.3, -0.25) is 9.79 Å². The number of carbonyl (C=O) groups is 1. The fourth-order valence-corrected chi connectivity index (χ4v) is 1.94. The van der Waals surface area contributed by atoms with Crippen molar-refractivity contribution in [3.8, 4) is 0 Å². The van der Waals surface area contributed by atoms with Crippen LogP contribution in [0.5, 0.6) is 0 Å².